The maximum absolute atomic E-state index is 11.6. The molecule has 0 amide bonds. The molecule has 1 heteroatoms. The molecule has 0 aromatic heterocycles. The van der Waals surface area contributed by atoms with Gasteiger partial charge in [-0.25, -0.2) is 0 Å². The van der Waals surface area contributed by atoms with Crippen LogP contribution in [0.25, 0.3) is 0 Å². The fourth-order valence-corrected chi connectivity index (χ4v) is 1.59. The van der Waals surface area contributed by atoms with Crippen molar-refractivity contribution in [3.05, 3.63) is 35.9 Å². The molecule has 1 unspecified atom stereocenters. The summed E-state index contributed by atoms with van der Waals surface area (Å²) in [5.74, 6) is 0.647. The number of hydrogen-bond acceptors (Lipinski definition) is 1. The van der Waals surface area contributed by atoms with E-state index in [9.17, 15) is 4.79 Å². The molecule has 0 saturated carbocycles. The van der Waals surface area contributed by atoms with E-state index in [1.165, 1.54) is 5.56 Å². The van der Waals surface area contributed by atoms with E-state index in [-0.39, 0.29) is 5.92 Å². The largest absolute Gasteiger partial charge is 0.299 e. The molecule has 0 fully saturated rings. The highest BCUT2D eigenvalue weighted by Gasteiger charge is 2.09. The Morgan fingerprint density at radius 2 is 1.93 bits per heavy atom. The summed E-state index contributed by atoms with van der Waals surface area (Å²) < 4.78 is 0. The number of ketones is 1. The molecule has 1 aromatic rings. The van der Waals surface area contributed by atoms with Gasteiger partial charge in [0.25, 0.3) is 0 Å². The Bertz CT molecular complexity index is 289. The van der Waals surface area contributed by atoms with Crippen LogP contribution in [0.2, 0.25) is 0 Å². The third-order valence-electron chi connectivity index (χ3n) is 2.89. The Balaban J connectivity index is 2.25. The van der Waals surface area contributed by atoms with Crippen LogP contribution in [-0.2, 0) is 11.2 Å². The molecular formula is C14H20O. The summed E-state index contributed by atoms with van der Waals surface area (Å²) in [4.78, 5) is 11.6. The number of carbonyl (C=O) groups excluding carboxylic acids is 1. The van der Waals surface area contributed by atoms with Gasteiger partial charge in [-0.05, 0) is 24.8 Å². The quantitative estimate of drug-likeness (QED) is 0.691. The van der Waals surface area contributed by atoms with E-state index in [1.54, 1.807) is 0 Å². The molecule has 0 N–H and O–H groups in total. The van der Waals surface area contributed by atoms with E-state index in [0.717, 1.165) is 25.7 Å². The second-order valence-corrected chi connectivity index (χ2v) is 4.11. The summed E-state index contributed by atoms with van der Waals surface area (Å²) in [5, 5.41) is 0. The zero-order valence-corrected chi connectivity index (χ0v) is 9.70. The summed E-state index contributed by atoms with van der Waals surface area (Å²) >= 11 is 0. The highest BCUT2D eigenvalue weighted by molar-refractivity contribution is 5.80. The topological polar surface area (TPSA) is 17.1 Å². The van der Waals surface area contributed by atoms with Crippen molar-refractivity contribution >= 4 is 5.78 Å². The Morgan fingerprint density at radius 1 is 1.27 bits per heavy atom. The molecule has 1 atom stereocenters. The molecule has 0 aliphatic heterocycles. The van der Waals surface area contributed by atoms with Crippen LogP contribution >= 0.6 is 0 Å². The van der Waals surface area contributed by atoms with Gasteiger partial charge >= 0.3 is 0 Å². The van der Waals surface area contributed by atoms with E-state index < -0.39 is 0 Å². The lowest BCUT2D eigenvalue weighted by molar-refractivity contribution is -0.122. The van der Waals surface area contributed by atoms with Crippen molar-refractivity contribution in [2.45, 2.75) is 39.5 Å². The lowest BCUT2D eigenvalue weighted by atomic mass is 9.98. The normalized spacial score (nSPS) is 12.4. The van der Waals surface area contributed by atoms with E-state index in [1.807, 2.05) is 25.1 Å². The average molecular weight is 204 g/mol. The van der Waals surface area contributed by atoms with Gasteiger partial charge in [-0.3, -0.25) is 4.79 Å². The van der Waals surface area contributed by atoms with Crippen LogP contribution in [0, 0.1) is 5.92 Å². The van der Waals surface area contributed by atoms with Crippen molar-refractivity contribution in [2.24, 2.45) is 5.92 Å². The smallest absolute Gasteiger partial charge is 0.135 e. The Labute approximate surface area is 92.5 Å². The SMILES string of the molecule is CCC(C)C(=O)CCCc1ccccc1. The zero-order valence-electron chi connectivity index (χ0n) is 9.70. The molecule has 0 heterocycles. The summed E-state index contributed by atoms with van der Waals surface area (Å²) in [6.45, 7) is 4.09. The molecule has 1 nitrogen and oxygen atoms in total. The first-order valence-electron chi connectivity index (χ1n) is 5.80. The summed E-state index contributed by atoms with van der Waals surface area (Å²) in [7, 11) is 0. The predicted octanol–water partition coefficient (Wildman–Crippen LogP) is 3.62. The van der Waals surface area contributed by atoms with Crippen molar-refractivity contribution < 1.29 is 4.79 Å². The Morgan fingerprint density at radius 3 is 2.53 bits per heavy atom. The van der Waals surface area contributed by atoms with Gasteiger partial charge < -0.3 is 0 Å². The lowest BCUT2D eigenvalue weighted by Crippen LogP contribution is -2.09. The molecule has 15 heavy (non-hydrogen) atoms. The van der Waals surface area contributed by atoms with Gasteiger partial charge in [0, 0.05) is 12.3 Å². The number of Topliss-reactive ketones (excluding diaryl/α,β-unsaturated/α-hetero) is 1. The van der Waals surface area contributed by atoms with E-state index in [0.29, 0.717) is 5.78 Å². The maximum atomic E-state index is 11.6. The molecule has 0 bridgehead atoms. The third kappa shape index (κ3) is 4.28. The Hall–Kier alpha value is -1.11. The molecule has 0 aliphatic rings. The molecule has 1 rings (SSSR count). The minimum atomic E-state index is 0.237. The van der Waals surface area contributed by atoms with Crippen molar-refractivity contribution in [1.29, 1.82) is 0 Å². The molecule has 1 aromatic carbocycles. The second kappa shape index (κ2) is 6.39. The molecule has 0 spiro atoms. The number of hydrogen-bond donors (Lipinski definition) is 0. The van der Waals surface area contributed by atoms with Crippen LogP contribution in [0.15, 0.2) is 30.3 Å². The lowest BCUT2D eigenvalue weighted by Gasteiger charge is -2.06. The van der Waals surface area contributed by atoms with Gasteiger partial charge in [0.15, 0.2) is 0 Å². The number of carbonyl (C=O) groups is 1. The molecule has 0 radical (unpaired) electrons. The van der Waals surface area contributed by atoms with E-state index >= 15 is 0 Å². The zero-order chi connectivity index (χ0) is 11.1. The van der Waals surface area contributed by atoms with Gasteiger partial charge in [-0.1, -0.05) is 44.2 Å². The van der Waals surface area contributed by atoms with Crippen LogP contribution < -0.4 is 0 Å². The molecular weight excluding hydrogens is 184 g/mol. The number of aryl methyl sites for hydroxylation is 1. The summed E-state index contributed by atoms with van der Waals surface area (Å²) in [6.07, 6.45) is 3.68. The maximum Gasteiger partial charge on any atom is 0.135 e. The van der Waals surface area contributed by atoms with Crippen LogP contribution in [0.5, 0.6) is 0 Å². The standard InChI is InChI=1S/C14H20O/c1-3-12(2)14(15)11-7-10-13-8-5-4-6-9-13/h4-6,8-9,12H,3,7,10-11H2,1-2H3. The molecule has 0 saturated heterocycles. The van der Waals surface area contributed by atoms with Crippen molar-refractivity contribution in [2.75, 3.05) is 0 Å². The van der Waals surface area contributed by atoms with Gasteiger partial charge in [0.05, 0.1) is 0 Å². The first kappa shape index (κ1) is 12.0. The first-order valence-corrected chi connectivity index (χ1v) is 5.80. The molecule has 0 aliphatic carbocycles. The van der Waals surface area contributed by atoms with Crippen LogP contribution in [0.3, 0.4) is 0 Å². The average Bonchev–Trinajstić information content (AvgIpc) is 2.29. The van der Waals surface area contributed by atoms with Crippen LogP contribution in [0.4, 0.5) is 0 Å². The van der Waals surface area contributed by atoms with Crippen molar-refractivity contribution in [1.82, 2.24) is 0 Å². The Kier molecular flexibility index (Phi) is 5.09. The van der Waals surface area contributed by atoms with Crippen LogP contribution in [0.1, 0.15) is 38.7 Å². The van der Waals surface area contributed by atoms with Crippen LogP contribution in [-0.4, -0.2) is 5.78 Å². The van der Waals surface area contributed by atoms with Crippen molar-refractivity contribution in [3.8, 4) is 0 Å². The van der Waals surface area contributed by atoms with E-state index in [4.69, 9.17) is 0 Å². The van der Waals surface area contributed by atoms with E-state index in [2.05, 4.69) is 19.1 Å². The summed E-state index contributed by atoms with van der Waals surface area (Å²) in [6, 6.07) is 10.4. The van der Waals surface area contributed by atoms with Gasteiger partial charge in [0.2, 0.25) is 0 Å². The highest BCUT2D eigenvalue weighted by atomic mass is 16.1. The number of rotatable bonds is 6. The fraction of sp³-hybridized carbons (Fsp3) is 0.500. The van der Waals surface area contributed by atoms with Gasteiger partial charge in [-0.2, -0.15) is 0 Å². The summed E-state index contributed by atoms with van der Waals surface area (Å²) in [5.41, 5.74) is 1.33. The van der Waals surface area contributed by atoms with Crippen molar-refractivity contribution in [3.63, 3.8) is 0 Å². The van der Waals surface area contributed by atoms with Gasteiger partial charge in [0.1, 0.15) is 5.78 Å². The third-order valence-corrected chi connectivity index (χ3v) is 2.89. The minimum Gasteiger partial charge on any atom is -0.299 e. The highest BCUT2D eigenvalue weighted by Crippen LogP contribution is 2.10. The predicted molar refractivity (Wildman–Crippen MR) is 63.8 cm³/mol. The first-order chi connectivity index (χ1) is 7.24. The molecule has 82 valence electrons. The second-order valence-electron chi connectivity index (χ2n) is 4.11. The monoisotopic (exact) mass is 204 g/mol. The minimum absolute atomic E-state index is 0.237. The fourth-order valence-electron chi connectivity index (χ4n) is 1.59. The number of benzene rings is 1. The van der Waals surface area contributed by atoms with Gasteiger partial charge in [-0.15, -0.1) is 0 Å².